The molecule has 1 rings (SSSR count). The van der Waals surface area contributed by atoms with Crippen LogP contribution >= 0.6 is 46.6 Å². The molecule has 1 atom stereocenters. The van der Waals surface area contributed by atoms with Crippen molar-refractivity contribution in [3.05, 3.63) is 20.8 Å². The minimum Gasteiger partial charge on any atom is -0.378 e. The van der Waals surface area contributed by atoms with Gasteiger partial charge in [0, 0.05) is 12.3 Å². The van der Waals surface area contributed by atoms with Crippen LogP contribution in [-0.2, 0) is 0 Å². The fourth-order valence-electron chi connectivity index (χ4n) is 1.13. The highest BCUT2D eigenvalue weighted by molar-refractivity contribution is 8.03. The van der Waals surface area contributed by atoms with E-state index in [9.17, 15) is 15.2 Å². The Morgan fingerprint density at radius 3 is 2.62 bits per heavy atom. The van der Waals surface area contributed by atoms with Crippen LogP contribution in [0.5, 0.6) is 0 Å². The first-order valence-electron chi connectivity index (χ1n) is 4.34. The van der Waals surface area contributed by atoms with E-state index in [0.717, 1.165) is 12.2 Å². The van der Waals surface area contributed by atoms with Crippen molar-refractivity contribution in [3.63, 3.8) is 0 Å². The molecule has 1 unspecified atom stereocenters. The van der Waals surface area contributed by atoms with Crippen LogP contribution in [0.25, 0.3) is 0 Å². The number of nitro groups is 1. The minimum absolute atomic E-state index is 0.259. The van der Waals surface area contributed by atoms with Crippen molar-refractivity contribution in [1.82, 2.24) is 5.32 Å². The second-order valence-electron chi connectivity index (χ2n) is 3.04. The van der Waals surface area contributed by atoms with E-state index in [1.807, 2.05) is 0 Å². The maximum absolute atomic E-state index is 10.8. The Kier molecular flexibility index (Phi) is 5.00. The van der Waals surface area contributed by atoms with E-state index in [4.69, 9.17) is 34.8 Å². The number of nitrogens with one attached hydrogen (secondary N) is 1. The lowest BCUT2D eigenvalue weighted by Gasteiger charge is -2.21. The van der Waals surface area contributed by atoms with Gasteiger partial charge >= 0.3 is 5.70 Å². The van der Waals surface area contributed by atoms with Crippen LogP contribution in [0, 0.1) is 10.1 Å². The van der Waals surface area contributed by atoms with Crippen molar-refractivity contribution in [3.8, 4) is 0 Å². The summed E-state index contributed by atoms with van der Waals surface area (Å²) in [6.07, 6.45) is -0.871. The number of aliphatic hydroxyl groups is 1. The van der Waals surface area contributed by atoms with Gasteiger partial charge in [0.2, 0.25) is 3.79 Å². The van der Waals surface area contributed by atoms with Crippen molar-refractivity contribution >= 4 is 46.6 Å². The number of alkyl halides is 3. The lowest BCUT2D eigenvalue weighted by atomic mass is 10.3. The molecule has 9 heteroatoms. The SMILES string of the molecule is O=[N+]([O-])/C(=C1/NCCCS1)C(O)C(Cl)(Cl)Cl. The van der Waals surface area contributed by atoms with Gasteiger partial charge < -0.3 is 10.4 Å². The maximum Gasteiger partial charge on any atom is 0.308 e. The molecular weight excluding hydrogens is 299 g/mol. The summed E-state index contributed by atoms with van der Waals surface area (Å²) in [7, 11) is 0. The Labute approximate surface area is 111 Å². The first kappa shape index (κ1) is 14.2. The molecule has 1 aliphatic heterocycles. The summed E-state index contributed by atoms with van der Waals surface area (Å²) in [6.45, 7) is 0.603. The standard InChI is InChI=1S/C7H9Cl3N2O3S/c8-7(9,10)5(13)4(12(14)15)6-11-2-1-3-16-6/h5,11,13H,1-3H2/b6-4-. The second kappa shape index (κ2) is 5.64. The number of halogens is 3. The number of hydrogen-bond acceptors (Lipinski definition) is 5. The van der Waals surface area contributed by atoms with Gasteiger partial charge in [-0.1, -0.05) is 34.8 Å². The highest BCUT2D eigenvalue weighted by atomic mass is 35.6. The molecule has 0 aromatic heterocycles. The van der Waals surface area contributed by atoms with E-state index in [1.54, 1.807) is 0 Å². The molecular formula is C7H9Cl3N2O3S. The monoisotopic (exact) mass is 306 g/mol. The maximum atomic E-state index is 10.8. The second-order valence-corrected chi connectivity index (χ2v) is 6.52. The van der Waals surface area contributed by atoms with Crippen LogP contribution in [0.2, 0.25) is 0 Å². The Morgan fingerprint density at radius 1 is 1.62 bits per heavy atom. The third-order valence-corrected chi connectivity index (χ3v) is 3.61. The lowest BCUT2D eigenvalue weighted by molar-refractivity contribution is -0.436. The smallest absolute Gasteiger partial charge is 0.308 e. The molecule has 1 saturated heterocycles. The normalized spacial score (nSPS) is 22.2. The predicted molar refractivity (Wildman–Crippen MR) is 65.4 cm³/mol. The average molecular weight is 308 g/mol. The zero-order valence-electron chi connectivity index (χ0n) is 7.95. The lowest BCUT2D eigenvalue weighted by Crippen LogP contribution is -2.35. The van der Waals surface area contributed by atoms with Gasteiger partial charge in [-0.3, -0.25) is 10.1 Å². The predicted octanol–water partition coefficient (Wildman–Crippen LogP) is 1.89. The van der Waals surface area contributed by atoms with Crippen LogP contribution in [0.15, 0.2) is 10.7 Å². The Bertz CT molecular complexity index is 310. The van der Waals surface area contributed by atoms with Crippen molar-refractivity contribution in [2.24, 2.45) is 0 Å². The van der Waals surface area contributed by atoms with E-state index in [-0.39, 0.29) is 5.03 Å². The average Bonchev–Trinajstić information content (AvgIpc) is 2.17. The molecule has 16 heavy (non-hydrogen) atoms. The van der Waals surface area contributed by atoms with E-state index in [0.29, 0.717) is 6.54 Å². The van der Waals surface area contributed by atoms with Crippen molar-refractivity contribution < 1.29 is 10.0 Å². The van der Waals surface area contributed by atoms with Crippen molar-refractivity contribution in [1.29, 1.82) is 0 Å². The molecule has 0 radical (unpaired) electrons. The van der Waals surface area contributed by atoms with Crippen molar-refractivity contribution in [2.45, 2.75) is 16.3 Å². The first-order valence-corrected chi connectivity index (χ1v) is 6.46. The molecule has 1 fully saturated rings. The van der Waals surface area contributed by atoms with Gasteiger partial charge in [-0.2, -0.15) is 0 Å². The number of thioether (sulfide) groups is 1. The summed E-state index contributed by atoms with van der Waals surface area (Å²) < 4.78 is -2.12. The zero-order chi connectivity index (χ0) is 12.3. The number of nitrogens with zero attached hydrogens (tertiary/aromatic N) is 1. The summed E-state index contributed by atoms with van der Waals surface area (Å²) in [5.41, 5.74) is -0.496. The van der Waals surface area contributed by atoms with E-state index < -0.39 is 20.5 Å². The van der Waals surface area contributed by atoms with Gasteiger partial charge in [0.1, 0.15) is 5.03 Å². The molecule has 0 aliphatic carbocycles. The molecule has 0 spiro atoms. The molecule has 0 amide bonds. The van der Waals surface area contributed by atoms with Gasteiger partial charge in [0.05, 0.1) is 4.92 Å². The van der Waals surface area contributed by atoms with Crippen LogP contribution in [0.4, 0.5) is 0 Å². The van der Waals surface area contributed by atoms with Crippen LogP contribution in [0.1, 0.15) is 6.42 Å². The number of hydrogen-bond donors (Lipinski definition) is 2. The van der Waals surface area contributed by atoms with Gasteiger partial charge in [-0.25, -0.2) is 0 Å². The van der Waals surface area contributed by atoms with E-state index in [2.05, 4.69) is 5.32 Å². The molecule has 0 bridgehead atoms. The molecule has 0 aromatic carbocycles. The van der Waals surface area contributed by atoms with Crippen LogP contribution < -0.4 is 5.32 Å². The highest BCUT2D eigenvalue weighted by Gasteiger charge is 2.43. The quantitative estimate of drug-likeness (QED) is 0.463. The van der Waals surface area contributed by atoms with Gasteiger partial charge in [0.25, 0.3) is 0 Å². The molecule has 5 nitrogen and oxygen atoms in total. The number of rotatable bonds is 2. The zero-order valence-corrected chi connectivity index (χ0v) is 11.0. The minimum atomic E-state index is -2.12. The fraction of sp³-hybridized carbons (Fsp3) is 0.714. The summed E-state index contributed by atoms with van der Waals surface area (Å²) in [5, 5.41) is 23.5. The topological polar surface area (TPSA) is 75.4 Å². The molecule has 1 aliphatic rings. The molecule has 0 saturated carbocycles. The fourth-order valence-corrected chi connectivity index (χ4v) is 2.47. The Hall–Kier alpha value is 0.120. The van der Waals surface area contributed by atoms with Crippen LogP contribution in [0.3, 0.4) is 0 Å². The van der Waals surface area contributed by atoms with Crippen molar-refractivity contribution in [2.75, 3.05) is 12.3 Å². The molecule has 0 aromatic rings. The first-order chi connectivity index (χ1) is 7.34. The molecule has 2 N–H and O–H groups in total. The van der Waals surface area contributed by atoms with Gasteiger partial charge in [-0.15, -0.1) is 11.8 Å². The summed E-state index contributed by atoms with van der Waals surface area (Å²) in [5.74, 6) is 0.728. The summed E-state index contributed by atoms with van der Waals surface area (Å²) in [6, 6.07) is 0. The Morgan fingerprint density at radius 2 is 2.25 bits per heavy atom. The summed E-state index contributed by atoms with van der Waals surface area (Å²) >= 11 is 17.6. The van der Waals surface area contributed by atoms with Gasteiger partial charge in [-0.05, 0) is 6.42 Å². The Balaban J connectivity index is 3.02. The third kappa shape index (κ3) is 3.56. The third-order valence-electron chi connectivity index (χ3n) is 1.85. The number of aliphatic hydroxyl groups excluding tert-OH is 1. The van der Waals surface area contributed by atoms with Crippen LogP contribution in [-0.4, -0.2) is 32.2 Å². The van der Waals surface area contributed by atoms with Gasteiger partial charge in [0.15, 0.2) is 6.10 Å². The molecule has 1 heterocycles. The van der Waals surface area contributed by atoms with E-state index in [1.165, 1.54) is 11.8 Å². The summed E-state index contributed by atoms with van der Waals surface area (Å²) in [4.78, 5) is 10.1. The van der Waals surface area contributed by atoms with E-state index >= 15 is 0 Å². The molecule has 92 valence electrons. The highest BCUT2D eigenvalue weighted by Crippen LogP contribution is 2.36. The largest absolute Gasteiger partial charge is 0.378 e.